The van der Waals surface area contributed by atoms with Crippen molar-refractivity contribution in [3.8, 4) is 0 Å². The van der Waals surface area contributed by atoms with Gasteiger partial charge in [-0.05, 0) is 12.3 Å². The van der Waals surface area contributed by atoms with E-state index in [2.05, 4.69) is 29.7 Å². The van der Waals surface area contributed by atoms with Gasteiger partial charge in [-0.15, -0.1) is 0 Å². The number of carbonyl (C=O) groups excluding carboxylic acids is 2. The summed E-state index contributed by atoms with van der Waals surface area (Å²) >= 11 is 0. The average molecular weight is 255 g/mol. The first-order valence-electron chi connectivity index (χ1n) is 6.31. The Labute approximate surface area is 107 Å². The van der Waals surface area contributed by atoms with Crippen LogP contribution in [-0.4, -0.2) is 37.3 Å². The van der Waals surface area contributed by atoms with E-state index in [0.29, 0.717) is 44.2 Å². The molecule has 0 aromatic carbocycles. The number of nitrogens with one attached hydrogen (secondary N) is 2. The van der Waals surface area contributed by atoms with Crippen LogP contribution in [0, 0.1) is 5.92 Å². The van der Waals surface area contributed by atoms with E-state index in [-0.39, 0.29) is 11.8 Å². The van der Waals surface area contributed by atoms with Crippen LogP contribution < -0.4 is 10.7 Å². The van der Waals surface area contributed by atoms with Gasteiger partial charge in [0.25, 0.3) is 5.91 Å². The number of hydrogen-bond donors (Lipinski definition) is 2. The molecular weight excluding hydrogens is 234 g/mol. The van der Waals surface area contributed by atoms with E-state index in [9.17, 15) is 9.59 Å². The Morgan fingerprint density at radius 1 is 1.44 bits per heavy atom. The van der Waals surface area contributed by atoms with Crippen molar-refractivity contribution in [2.24, 2.45) is 11.0 Å². The first kappa shape index (κ1) is 14.6. The highest BCUT2D eigenvalue weighted by Gasteiger charge is 2.17. The van der Waals surface area contributed by atoms with E-state index < -0.39 is 0 Å². The number of hydrazone groups is 1. The quantitative estimate of drug-likeness (QED) is 0.647. The molecule has 0 fully saturated rings. The van der Waals surface area contributed by atoms with Crippen LogP contribution in [0.25, 0.3) is 0 Å². The van der Waals surface area contributed by atoms with Crippen molar-refractivity contribution in [2.75, 3.05) is 19.8 Å². The second-order valence-corrected chi connectivity index (χ2v) is 4.64. The van der Waals surface area contributed by atoms with E-state index >= 15 is 0 Å². The van der Waals surface area contributed by atoms with E-state index in [1.807, 2.05) is 0 Å². The van der Waals surface area contributed by atoms with Crippen LogP contribution in [0.4, 0.5) is 0 Å². The molecule has 1 heterocycles. The molecule has 6 heteroatoms. The van der Waals surface area contributed by atoms with Gasteiger partial charge < -0.3 is 10.1 Å². The first-order chi connectivity index (χ1) is 8.59. The summed E-state index contributed by atoms with van der Waals surface area (Å²) in [6, 6.07) is 0. The lowest BCUT2D eigenvalue weighted by molar-refractivity contribution is -0.121. The number of ether oxygens (including phenoxy) is 1. The minimum atomic E-state index is -0.234. The zero-order valence-electron chi connectivity index (χ0n) is 11.0. The SMILES string of the molecule is CC(C)CCOCCNC(=O)C1=NNC(=O)CC1. The molecule has 0 spiro atoms. The molecule has 0 unspecified atom stereocenters. The highest BCUT2D eigenvalue weighted by molar-refractivity contribution is 6.39. The third-order valence-corrected chi connectivity index (χ3v) is 2.54. The molecule has 0 aromatic rings. The molecule has 1 aliphatic heterocycles. The summed E-state index contributed by atoms with van der Waals surface area (Å²) in [5, 5.41) is 6.42. The molecular formula is C12H21N3O3. The van der Waals surface area contributed by atoms with Crippen molar-refractivity contribution in [3.63, 3.8) is 0 Å². The molecule has 0 radical (unpaired) electrons. The normalized spacial score (nSPS) is 15.3. The number of rotatable bonds is 7. The van der Waals surface area contributed by atoms with Gasteiger partial charge in [-0.2, -0.15) is 5.10 Å². The van der Waals surface area contributed by atoms with Crippen LogP contribution >= 0.6 is 0 Å². The van der Waals surface area contributed by atoms with Crippen LogP contribution in [0.2, 0.25) is 0 Å². The van der Waals surface area contributed by atoms with Crippen LogP contribution in [0.15, 0.2) is 5.10 Å². The van der Waals surface area contributed by atoms with Gasteiger partial charge in [0.05, 0.1) is 6.61 Å². The van der Waals surface area contributed by atoms with Gasteiger partial charge in [0, 0.05) is 26.0 Å². The van der Waals surface area contributed by atoms with E-state index in [0.717, 1.165) is 6.42 Å². The summed E-state index contributed by atoms with van der Waals surface area (Å²) in [6.07, 6.45) is 1.73. The van der Waals surface area contributed by atoms with Crippen molar-refractivity contribution >= 4 is 17.5 Å². The smallest absolute Gasteiger partial charge is 0.267 e. The van der Waals surface area contributed by atoms with Gasteiger partial charge in [0.15, 0.2) is 0 Å². The second-order valence-electron chi connectivity index (χ2n) is 4.64. The Kier molecular flexibility index (Phi) is 6.35. The predicted molar refractivity (Wildman–Crippen MR) is 68.1 cm³/mol. The summed E-state index contributed by atoms with van der Waals surface area (Å²) in [6.45, 7) is 5.95. The van der Waals surface area contributed by atoms with E-state index in [1.165, 1.54) is 0 Å². The van der Waals surface area contributed by atoms with Gasteiger partial charge in [-0.3, -0.25) is 9.59 Å². The third kappa shape index (κ3) is 5.77. The summed E-state index contributed by atoms with van der Waals surface area (Å²) in [5.41, 5.74) is 2.67. The first-order valence-corrected chi connectivity index (χ1v) is 6.31. The Balaban J connectivity index is 2.08. The Morgan fingerprint density at radius 2 is 2.22 bits per heavy atom. The van der Waals surface area contributed by atoms with Gasteiger partial charge in [-0.1, -0.05) is 13.8 Å². The van der Waals surface area contributed by atoms with Crippen molar-refractivity contribution in [2.45, 2.75) is 33.1 Å². The van der Waals surface area contributed by atoms with Crippen LogP contribution in [0.3, 0.4) is 0 Å². The summed E-state index contributed by atoms with van der Waals surface area (Å²) in [4.78, 5) is 22.4. The molecule has 0 aromatic heterocycles. The maximum absolute atomic E-state index is 11.6. The van der Waals surface area contributed by atoms with Crippen LogP contribution in [0.1, 0.15) is 33.1 Å². The second kappa shape index (κ2) is 7.81. The fourth-order valence-corrected chi connectivity index (χ4v) is 1.40. The highest BCUT2D eigenvalue weighted by atomic mass is 16.5. The summed E-state index contributed by atoms with van der Waals surface area (Å²) in [7, 11) is 0. The van der Waals surface area contributed by atoms with Crippen LogP contribution in [-0.2, 0) is 14.3 Å². The van der Waals surface area contributed by atoms with Crippen molar-refractivity contribution in [1.29, 1.82) is 0 Å². The standard InChI is InChI=1S/C12H21N3O3/c1-9(2)5-7-18-8-6-13-12(17)10-3-4-11(16)15-14-10/h9H,3-8H2,1-2H3,(H,13,17)(H,15,16). The lowest BCUT2D eigenvalue weighted by Gasteiger charge is -2.12. The Hall–Kier alpha value is -1.43. The molecule has 0 aliphatic carbocycles. The minimum absolute atomic E-state index is 0.149. The number of carbonyl (C=O) groups is 2. The molecule has 2 amide bonds. The Morgan fingerprint density at radius 3 is 2.83 bits per heavy atom. The fourth-order valence-electron chi connectivity index (χ4n) is 1.40. The molecule has 18 heavy (non-hydrogen) atoms. The van der Waals surface area contributed by atoms with Gasteiger partial charge in [0.1, 0.15) is 5.71 Å². The topological polar surface area (TPSA) is 79.8 Å². The van der Waals surface area contributed by atoms with Gasteiger partial charge >= 0.3 is 0 Å². The number of amides is 2. The molecule has 0 saturated heterocycles. The fraction of sp³-hybridized carbons (Fsp3) is 0.750. The summed E-state index contributed by atoms with van der Waals surface area (Å²) < 4.78 is 5.37. The number of nitrogens with zero attached hydrogens (tertiary/aromatic N) is 1. The molecule has 0 atom stereocenters. The lowest BCUT2D eigenvalue weighted by Crippen LogP contribution is -2.38. The molecule has 0 saturated carbocycles. The largest absolute Gasteiger partial charge is 0.380 e. The maximum Gasteiger partial charge on any atom is 0.267 e. The van der Waals surface area contributed by atoms with Crippen molar-refractivity contribution in [1.82, 2.24) is 10.7 Å². The van der Waals surface area contributed by atoms with E-state index in [4.69, 9.17) is 4.74 Å². The molecule has 0 bridgehead atoms. The van der Waals surface area contributed by atoms with Gasteiger partial charge in [-0.25, -0.2) is 5.43 Å². The highest BCUT2D eigenvalue weighted by Crippen LogP contribution is 2.00. The zero-order valence-corrected chi connectivity index (χ0v) is 11.0. The Bertz CT molecular complexity index is 327. The average Bonchev–Trinajstić information content (AvgIpc) is 2.34. The monoisotopic (exact) mass is 255 g/mol. The van der Waals surface area contributed by atoms with Crippen molar-refractivity contribution in [3.05, 3.63) is 0 Å². The molecule has 1 rings (SSSR count). The van der Waals surface area contributed by atoms with Gasteiger partial charge in [0.2, 0.25) is 5.91 Å². The molecule has 2 N–H and O–H groups in total. The minimum Gasteiger partial charge on any atom is -0.380 e. The zero-order chi connectivity index (χ0) is 13.4. The van der Waals surface area contributed by atoms with E-state index in [1.54, 1.807) is 0 Å². The molecule has 1 aliphatic rings. The summed E-state index contributed by atoms with van der Waals surface area (Å²) in [5.74, 6) is 0.242. The predicted octanol–water partition coefficient (Wildman–Crippen LogP) is 0.431. The molecule has 6 nitrogen and oxygen atoms in total. The third-order valence-electron chi connectivity index (χ3n) is 2.54. The number of hydrogen-bond acceptors (Lipinski definition) is 4. The molecule has 102 valence electrons. The maximum atomic E-state index is 11.6. The van der Waals surface area contributed by atoms with Crippen LogP contribution in [0.5, 0.6) is 0 Å². The van der Waals surface area contributed by atoms with Crippen molar-refractivity contribution < 1.29 is 14.3 Å². The lowest BCUT2D eigenvalue weighted by atomic mass is 10.1.